The fourth-order valence-electron chi connectivity index (χ4n) is 4.31. The molecule has 3 atom stereocenters. The van der Waals surface area contributed by atoms with Crippen LogP contribution in [0.2, 0.25) is 0 Å². The van der Waals surface area contributed by atoms with Crippen LogP contribution in [-0.2, 0) is 9.53 Å². The maximum Gasteiger partial charge on any atom is 0.333 e. The zero-order valence-corrected chi connectivity index (χ0v) is 14.8. The van der Waals surface area contributed by atoms with Crippen LogP contribution in [0.4, 0.5) is 0 Å². The van der Waals surface area contributed by atoms with E-state index in [1.54, 1.807) is 6.92 Å². The Bertz CT molecular complexity index is 844. The second-order valence-corrected chi connectivity index (χ2v) is 6.72. The zero-order valence-electron chi connectivity index (χ0n) is 14.8. The van der Waals surface area contributed by atoms with Crippen molar-refractivity contribution in [2.45, 2.75) is 38.5 Å². The minimum absolute atomic E-state index is 0.125. The maximum absolute atomic E-state index is 13.0. The molecule has 0 unspecified atom stereocenters. The maximum atomic E-state index is 13.0. The first kappa shape index (κ1) is 17.9. The third-order valence-electron chi connectivity index (χ3n) is 5.43. The molecule has 1 N–H and O–H groups in total. The van der Waals surface area contributed by atoms with Crippen molar-refractivity contribution in [3.05, 3.63) is 47.0 Å². The van der Waals surface area contributed by atoms with E-state index in [9.17, 15) is 15.3 Å². The molecule has 0 radical (unpaired) electrons. The molecule has 0 saturated heterocycles. The van der Waals surface area contributed by atoms with E-state index >= 15 is 0 Å². The summed E-state index contributed by atoms with van der Waals surface area (Å²) in [5.74, 6) is -2.12. The molecule has 0 heterocycles. The average Bonchev–Trinajstić information content (AvgIpc) is 2.68. The molecule has 3 rings (SSSR count). The van der Waals surface area contributed by atoms with Gasteiger partial charge in [-0.15, -0.1) is 0 Å². The van der Waals surface area contributed by atoms with E-state index in [0.717, 1.165) is 42.4 Å². The lowest BCUT2D eigenvalue weighted by atomic mass is 9.56. The van der Waals surface area contributed by atoms with E-state index in [1.807, 2.05) is 30.3 Å². The molecule has 0 fully saturated rings. The van der Waals surface area contributed by atoms with Gasteiger partial charge in [-0.3, -0.25) is 0 Å². The van der Waals surface area contributed by atoms with Crippen LogP contribution in [0.15, 0.2) is 41.5 Å². The summed E-state index contributed by atoms with van der Waals surface area (Å²) in [5, 5.41) is 28.5. The van der Waals surface area contributed by atoms with Gasteiger partial charge in [0, 0.05) is 5.92 Å². The smallest absolute Gasteiger partial charge is 0.333 e. The van der Waals surface area contributed by atoms with Crippen LogP contribution in [0.1, 0.15) is 44.1 Å². The fourth-order valence-corrected chi connectivity index (χ4v) is 4.31. The van der Waals surface area contributed by atoms with Crippen LogP contribution < -0.4 is 0 Å². The van der Waals surface area contributed by atoms with Crippen molar-refractivity contribution in [3.63, 3.8) is 0 Å². The van der Waals surface area contributed by atoms with Crippen molar-refractivity contribution < 1.29 is 9.53 Å². The Morgan fingerprint density at radius 2 is 1.88 bits per heavy atom. The number of rotatable bonds is 3. The predicted octanol–water partition coefficient (Wildman–Crippen LogP) is 3.89. The summed E-state index contributed by atoms with van der Waals surface area (Å²) >= 11 is 0. The number of nitriles is 2. The third kappa shape index (κ3) is 2.52. The zero-order chi connectivity index (χ0) is 18.7. The topological polar surface area (TPSA) is 97.7 Å². The molecule has 1 aromatic rings. The minimum atomic E-state index is -1.78. The molecule has 0 saturated carbocycles. The number of allylic oxidation sites excluding steroid dienone is 2. The number of carbonyl (C=O) groups is 1. The molecule has 0 aliphatic heterocycles. The Morgan fingerprint density at radius 3 is 2.46 bits per heavy atom. The van der Waals surface area contributed by atoms with Crippen LogP contribution >= 0.6 is 0 Å². The van der Waals surface area contributed by atoms with Gasteiger partial charge in [0.2, 0.25) is 5.41 Å². The summed E-state index contributed by atoms with van der Waals surface area (Å²) < 4.78 is 5.24. The fraction of sp³-hybridized carbons (Fsp3) is 0.429. The lowest BCUT2D eigenvalue weighted by Gasteiger charge is -2.44. The van der Waals surface area contributed by atoms with E-state index < -0.39 is 23.2 Å². The molecule has 26 heavy (non-hydrogen) atoms. The molecule has 5 nitrogen and oxygen atoms in total. The third-order valence-corrected chi connectivity index (χ3v) is 5.43. The number of benzene rings is 1. The number of hydrogen-bond acceptors (Lipinski definition) is 5. The Morgan fingerprint density at radius 1 is 1.23 bits per heavy atom. The molecule has 0 spiro atoms. The highest BCUT2D eigenvalue weighted by Crippen LogP contribution is 2.54. The highest BCUT2D eigenvalue weighted by molar-refractivity contribution is 6.13. The standard InChI is InChI=1S/C21H21N3O2/c1-2-26-20(25)21(13-23)18(14-8-4-3-5-9-14)16-11-7-6-10-15(16)17(12-22)19(21)24/h3-5,8-9,17-18,24H,2,6-7,10-11H2,1H3/t17-,18+,21-/m0/s1. The number of carbonyl (C=O) groups excluding carboxylic acids is 1. The number of nitrogens with one attached hydrogen (secondary N) is 1. The molecular formula is C21H21N3O2. The number of esters is 1. The summed E-state index contributed by atoms with van der Waals surface area (Å²) in [6.07, 6.45) is 3.40. The average molecular weight is 347 g/mol. The van der Waals surface area contributed by atoms with Crippen molar-refractivity contribution in [1.82, 2.24) is 0 Å². The lowest BCUT2D eigenvalue weighted by Crippen LogP contribution is -2.51. The van der Waals surface area contributed by atoms with E-state index in [0.29, 0.717) is 0 Å². The molecule has 2 aliphatic rings. The van der Waals surface area contributed by atoms with Gasteiger partial charge in [-0.05, 0) is 43.7 Å². The Labute approximate surface area is 153 Å². The molecule has 5 heteroatoms. The van der Waals surface area contributed by atoms with Crippen molar-refractivity contribution in [1.29, 1.82) is 15.9 Å². The Kier molecular flexibility index (Phi) is 4.91. The van der Waals surface area contributed by atoms with Gasteiger partial charge in [0.25, 0.3) is 0 Å². The van der Waals surface area contributed by atoms with Crippen molar-refractivity contribution in [2.24, 2.45) is 11.3 Å². The van der Waals surface area contributed by atoms with E-state index in [4.69, 9.17) is 10.1 Å². The van der Waals surface area contributed by atoms with Gasteiger partial charge < -0.3 is 10.1 Å². The second kappa shape index (κ2) is 7.14. The van der Waals surface area contributed by atoms with Gasteiger partial charge in [0.15, 0.2) is 0 Å². The Balaban J connectivity index is 2.32. The van der Waals surface area contributed by atoms with Gasteiger partial charge in [0.1, 0.15) is 5.92 Å². The summed E-state index contributed by atoms with van der Waals surface area (Å²) in [4.78, 5) is 13.0. The van der Waals surface area contributed by atoms with E-state index in [2.05, 4.69) is 12.1 Å². The van der Waals surface area contributed by atoms with E-state index in [1.165, 1.54) is 0 Å². The SMILES string of the molecule is CCOC(=O)[C@]1(C#N)C(=N)[C@@H](C#N)C2=C(CCCC2)[C@H]1c1ccccc1. The normalized spacial score (nSPS) is 27.9. The van der Waals surface area contributed by atoms with Crippen molar-refractivity contribution in [3.8, 4) is 12.1 Å². The van der Waals surface area contributed by atoms with Crippen molar-refractivity contribution in [2.75, 3.05) is 6.61 Å². The summed E-state index contributed by atoms with van der Waals surface area (Å²) in [5.41, 5.74) is 0.786. The monoisotopic (exact) mass is 347 g/mol. The Hall–Kier alpha value is -2.92. The van der Waals surface area contributed by atoms with Gasteiger partial charge in [-0.2, -0.15) is 10.5 Å². The molecule has 2 aliphatic carbocycles. The summed E-state index contributed by atoms with van der Waals surface area (Å²) in [7, 11) is 0. The highest BCUT2D eigenvalue weighted by atomic mass is 16.5. The number of ether oxygens (including phenoxy) is 1. The van der Waals surface area contributed by atoms with Crippen LogP contribution in [0.5, 0.6) is 0 Å². The van der Waals surface area contributed by atoms with E-state index in [-0.39, 0.29) is 12.3 Å². The molecule has 132 valence electrons. The first-order valence-corrected chi connectivity index (χ1v) is 8.95. The first-order chi connectivity index (χ1) is 12.6. The molecule has 0 bridgehead atoms. The highest BCUT2D eigenvalue weighted by Gasteiger charge is 2.59. The molecular weight excluding hydrogens is 326 g/mol. The second-order valence-electron chi connectivity index (χ2n) is 6.72. The minimum Gasteiger partial charge on any atom is -0.464 e. The van der Waals surface area contributed by atoms with Gasteiger partial charge >= 0.3 is 5.97 Å². The molecule has 0 aromatic heterocycles. The molecule has 0 amide bonds. The molecule has 1 aromatic carbocycles. The van der Waals surface area contributed by atoms with Crippen LogP contribution in [0.25, 0.3) is 0 Å². The van der Waals surface area contributed by atoms with Gasteiger partial charge in [-0.1, -0.05) is 35.9 Å². The number of nitrogens with zero attached hydrogens (tertiary/aromatic N) is 2. The summed E-state index contributed by atoms with van der Waals surface area (Å²) in [6, 6.07) is 13.7. The van der Waals surface area contributed by atoms with Gasteiger partial charge in [-0.25, -0.2) is 4.79 Å². The number of hydrogen-bond donors (Lipinski definition) is 1. The predicted molar refractivity (Wildman–Crippen MR) is 96.2 cm³/mol. The first-order valence-electron chi connectivity index (χ1n) is 8.95. The van der Waals surface area contributed by atoms with Crippen LogP contribution in [0.3, 0.4) is 0 Å². The quantitative estimate of drug-likeness (QED) is 0.662. The lowest BCUT2D eigenvalue weighted by molar-refractivity contribution is -0.149. The van der Waals surface area contributed by atoms with Gasteiger partial charge in [0.05, 0.1) is 24.5 Å². The van der Waals surface area contributed by atoms with Crippen LogP contribution in [0, 0.1) is 39.4 Å². The van der Waals surface area contributed by atoms with Crippen LogP contribution in [-0.4, -0.2) is 18.3 Å². The largest absolute Gasteiger partial charge is 0.464 e. The summed E-state index contributed by atoms with van der Waals surface area (Å²) in [6.45, 7) is 1.81. The van der Waals surface area contributed by atoms with Crippen molar-refractivity contribution >= 4 is 11.7 Å².